The minimum Gasteiger partial charge on any atom is -0.444 e. The third kappa shape index (κ3) is 2.69. The average molecular weight is 300 g/mol. The third-order valence-corrected chi connectivity index (χ3v) is 2.17. The first kappa shape index (κ1) is 11.3. The summed E-state index contributed by atoms with van der Waals surface area (Å²) in [4.78, 5) is 0. The van der Waals surface area contributed by atoms with Crippen LogP contribution in [-0.2, 0) is 0 Å². The molecule has 0 unspecified atom stereocenters. The van der Waals surface area contributed by atoms with Gasteiger partial charge in [0, 0.05) is 5.10 Å². The average Bonchev–Trinajstić information content (AvgIpc) is 2.87. The van der Waals surface area contributed by atoms with E-state index in [9.17, 15) is 0 Å². The minimum absolute atomic E-state index is 0.0608. The SMILES string of the molecule is NC(=N[NH+]=Cc1ccc(Br)o1)c1nonc1N. The van der Waals surface area contributed by atoms with E-state index in [1.807, 2.05) is 0 Å². The van der Waals surface area contributed by atoms with Gasteiger partial charge in [0.15, 0.2) is 21.9 Å². The largest absolute Gasteiger partial charge is 0.444 e. The van der Waals surface area contributed by atoms with Gasteiger partial charge in [-0.1, -0.05) is 0 Å². The van der Waals surface area contributed by atoms with Crippen LogP contribution >= 0.6 is 15.9 Å². The predicted molar refractivity (Wildman–Crippen MR) is 62.0 cm³/mol. The van der Waals surface area contributed by atoms with Crippen LogP contribution in [0.1, 0.15) is 11.5 Å². The molecule has 0 aliphatic rings. The smallest absolute Gasteiger partial charge is 0.236 e. The monoisotopic (exact) mass is 299 g/mol. The maximum Gasteiger partial charge on any atom is 0.236 e. The van der Waals surface area contributed by atoms with Crippen LogP contribution in [-0.4, -0.2) is 22.4 Å². The molecular weight excluding hydrogens is 292 g/mol. The fraction of sp³-hybridized carbons (Fsp3) is 0. The Balaban J connectivity index is 2.11. The van der Waals surface area contributed by atoms with Crippen molar-refractivity contribution < 1.29 is 14.1 Å². The third-order valence-electron chi connectivity index (χ3n) is 1.74. The lowest BCUT2D eigenvalue weighted by molar-refractivity contribution is -0.456. The van der Waals surface area contributed by atoms with Gasteiger partial charge in [-0.25, -0.2) is 4.63 Å². The van der Waals surface area contributed by atoms with Crippen molar-refractivity contribution in [1.29, 1.82) is 0 Å². The van der Waals surface area contributed by atoms with Crippen molar-refractivity contribution in [2.24, 2.45) is 10.8 Å². The zero-order valence-corrected chi connectivity index (χ0v) is 10.0. The molecule has 0 saturated heterocycles. The molecule has 0 radical (unpaired) electrons. The van der Waals surface area contributed by atoms with Crippen LogP contribution in [0.3, 0.4) is 0 Å². The zero-order chi connectivity index (χ0) is 12.3. The molecule has 2 heterocycles. The Bertz CT molecular complexity index is 572. The summed E-state index contributed by atoms with van der Waals surface area (Å²) < 4.78 is 10.2. The lowest BCUT2D eigenvalue weighted by Gasteiger charge is -1.86. The first-order valence-corrected chi connectivity index (χ1v) is 5.22. The highest BCUT2D eigenvalue weighted by atomic mass is 79.9. The second kappa shape index (κ2) is 4.78. The van der Waals surface area contributed by atoms with Crippen LogP contribution in [0.2, 0.25) is 0 Å². The van der Waals surface area contributed by atoms with E-state index in [0.717, 1.165) is 0 Å². The number of hydrazone groups is 1. The van der Waals surface area contributed by atoms with Gasteiger partial charge in [-0.05, 0) is 38.4 Å². The zero-order valence-electron chi connectivity index (χ0n) is 8.42. The number of nitrogen functional groups attached to an aromatic ring is 1. The lowest BCUT2D eigenvalue weighted by atomic mass is 10.4. The predicted octanol–water partition coefficient (Wildman–Crippen LogP) is -1.17. The molecule has 0 spiro atoms. The van der Waals surface area contributed by atoms with Crippen LogP contribution in [0.4, 0.5) is 5.82 Å². The van der Waals surface area contributed by atoms with Crippen molar-refractivity contribution in [3.63, 3.8) is 0 Å². The molecule has 0 aliphatic carbocycles. The second-order valence-corrected chi connectivity index (χ2v) is 3.69. The number of furan rings is 1. The van der Waals surface area contributed by atoms with Gasteiger partial charge in [0.05, 0.1) is 0 Å². The second-order valence-electron chi connectivity index (χ2n) is 2.91. The van der Waals surface area contributed by atoms with Gasteiger partial charge < -0.3 is 15.9 Å². The Morgan fingerprint density at radius 1 is 1.47 bits per heavy atom. The van der Waals surface area contributed by atoms with Gasteiger partial charge in [0.1, 0.15) is 0 Å². The Hall–Kier alpha value is -2.16. The summed E-state index contributed by atoms with van der Waals surface area (Å²) in [5, 5.41) is 13.3. The van der Waals surface area contributed by atoms with E-state index >= 15 is 0 Å². The fourth-order valence-corrected chi connectivity index (χ4v) is 1.32. The Morgan fingerprint density at radius 2 is 2.29 bits per heavy atom. The molecule has 2 rings (SSSR count). The van der Waals surface area contributed by atoms with Crippen LogP contribution in [0.15, 0.2) is 30.9 Å². The molecule has 0 amide bonds. The number of hydrogen-bond acceptors (Lipinski definition) is 6. The van der Waals surface area contributed by atoms with Gasteiger partial charge in [0.25, 0.3) is 0 Å². The van der Waals surface area contributed by atoms with Crippen LogP contribution in [0, 0.1) is 0 Å². The van der Waals surface area contributed by atoms with Crippen molar-refractivity contribution in [2.75, 3.05) is 5.73 Å². The van der Waals surface area contributed by atoms with Gasteiger partial charge >= 0.3 is 0 Å². The maximum atomic E-state index is 5.59. The van der Waals surface area contributed by atoms with E-state index in [1.165, 1.54) is 6.21 Å². The Labute approximate surface area is 103 Å². The van der Waals surface area contributed by atoms with Gasteiger partial charge in [0.2, 0.25) is 12.1 Å². The van der Waals surface area contributed by atoms with Crippen LogP contribution < -0.4 is 16.6 Å². The van der Waals surface area contributed by atoms with E-state index < -0.39 is 0 Å². The van der Waals surface area contributed by atoms with Crippen LogP contribution in [0.5, 0.6) is 0 Å². The number of halogens is 1. The number of rotatable bonds is 3. The molecule has 0 bridgehead atoms. The molecule has 0 fully saturated rings. The summed E-state index contributed by atoms with van der Waals surface area (Å²) in [5.41, 5.74) is 11.2. The molecule has 0 atom stereocenters. The topological polar surface area (TPSA) is 130 Å². The molecule has 88 valence electrons. The van der Waals surface area contributed by atoms with Crippen LogP contribution in [0.25, 0.3) is 0 Å². The van der Waals surface area contributed by atoms with Gasteiger partial charge in [-0.15, -0.1) is 5.10 Å². The molecule has 2 aromatic heterocycles. The van der Waals surface area contributed by atoms with E-state index in [4.69, 9.17) is 15.9 Å². The van der Waals surface area contributed by atoms with E-state index in [0.29, 0.717) is 10.4 Å². The van der Waals surface area contributed by atoms with Gasteiger partial charge in [-0.2, -0.15) is 0 Å². The summed E-state index contributed by atoms with van der Waals surface area (Å²) >= 11 is 3.17. The lowest BCUT2D eigenvalue weighted by Crippen LogP contribution is -2.63. The Kier molecular flexibility index (Phi) is 3.19. The van der Waals surface area contributed by atoms with Crippen molar-refractivity contribution >= 4 is 33.8 Å². The first-order chi connectivity index (χ1) is 8.16. The summed E-state index contributed by atoms with van der Waals surface area (Å²) in [5.74, 6) is 0.721. The number of aromatic nitrogens is 2. The fourth-order valence-electron chi connectivity index (χ4n) is 0.997. The summed E-state index contributed by atoms with van der Waals surface area (Å²) in [7, 11) is 0. The van der Waals surface area contributed by atoms with E-state index in [2.05, 4.69) is 41.1 Å². The molecule has 9 heteroatoms. The summed E-state index contributed by atoms with van der Waals surface area (Å²) in [6.45, 7) is 0. The van der Waals surface area contributed by atoms with E-state index in [1.54, 1.807) is 12.1 Å². The molecule has 0 aromatic carbocycles. The van der Waals surface area contributed by atoms with Crippen molar-refractivity contribution in [1.82, 2.24) is 10.3 Å². The number of nitrogens with one attached hydrogen (secondary N) is 1. The number of amidine groups is 1. The highest BCUT2D eigenvalue weighted by Crippen LogP contribution is 2.11. The molecule has 2 aromatic rings. The highest BCUT2D eigenvalue weighted by molar-refractivity contribution is 9.10. The molecule has 17 heavy (non-hydrogen) atoms. The quantitative estimate of drug-likeness (QED) is 0.372. The molecular formula is C8H8BrN6O2+. The molecule has 5 N–H and O–H groups in total. The van der Waals surface area contributed by atoms with E-state index in [-0.39, 0.29) is 17.3 Å². The van der Waals surface area contributed by atoms with Gasteiger partial charge in [-0.3, -0.25) is 0 Å². The highest BCUT2D eigenvalue weighted by Gasteiger charge is 2.11. The number of anilines is 1. The molecule has 0 saturated carbocycles. The molecule has 8 nitrogen and oxygen atoms in total. The minimum atomic E-state index is 0.0608. The number of hydrogen-bond donors (Lipinski definition) is 3. The number of nitrogens with zero attached hydrogens (tertiary/aromatic N) is 3. The van der Waals surface area contributed by atoms with Crippen molar-refractivity contribution in [2.45, 2.75) is 0 Å². The molecule has 0 aliphatic heterocycles. The number of nitrogens with two attached hydrogens (primary N) is 2. The summed E-state index contributed by atoms with van der Waals surface area (Å²) in [6.07, 6.45) is 1.52. The standard InChI is InChI=1S/C8H7BrN6O2/c9-5-2-1-4(16-5)3-12-13-7(10)6-8(11)15-17-14-6/h1-3H,(H2,10,13)(H2,11,15)/p+1. The Morgan fingerprint density at radius 3 is 2.88 bits per heavy atom. The first-order valence-electron chi connectivity index (χ1n) is 4.42. The van der Waals surface area contributed by atoms with Crippen molar-refractivity contribution in [3.8, 4) is 0 Å². The maximum absolute atomic E-state index is 5.59. The summed E-state index contributed by atoms with van der Waals surface area (Å²) in [6, 6.07) is 3.49. The van der Waals surface area contributed by atoms with Crippen molar-refractivity contribution in [3.05, 3.63) is 28.3 Å². The normalized spacial score (nSPS) is 12.4.